The maximum atomic E-state index is 12.3. The number of hydrogen-bond donors (Lipinski definition) is 1. The number of rotatable bonds is 6. The van der Waals surface area contributed by atoms with Crippen LogP contribution in [0, 0.1) is 0 Å². The number of anilines is 1. The number of benzene rings is 2. The van der Waals surface area contributed by atoms with Gasteiger partial charge in [0.05, 0.1) is 10.0 Å². The smallest absolute Gasteiger partial charge is 0.223 e. The predicted octanol–water partition coefficient (Wildman–Crippen LogP) is 5.74. The lowest BCUT2D eigenvalue weighted by molar-refractivity contribution is -0.116. The fourth-order valence-electron chi connectivity index (χ4n) is 5.29. The van der Waals surface area contributed by atoms with E-state index in [0.29, 0.717) is 16.0 Å². The van der Waals surface area contributed by atoms with E-state index in [1.165, 1.54) is 11.1 Å². The lowest BCUT2D eigenvalue weighted by atomic mass is 9.74. The minimum absolute atomic E-state index is 0.0104. The average molecular weight is 495 g/mol. The second kappa shape index (κ2) is 9.90. The average Bonchev–Trinajstić information content (AvgIpc) is 3.08. The van der Waals surface area contributed by atoms with Crippen molar-refractivity contribution in [2.75, 3.05) is 44.7 Å². The maximum absolute atomic E-state index is 12.3. The first-order valence-electron chi connectivity index (χ1n) is 11.2. The van der Waals surface area contributed by atoms with Crippen molar-refractivity contribution in [3.05, 3.63) is 62.6 Å². The molecule has 0 radical (unpaired) electrons. The largest absolute Gasteiger partial charge is 0.319 e. The maximum Gasteiger partial charge on any atom is 0.223 e. The van der Waals surface area contributed by atoms with Gasteiger partial charge in [-0.15, -0.1) is 0 Å². The van der Waals surface area contributed by atoms with Crippen molar-refractivity contribution in [2.45, 2.75) is 37.5 Å². The Balaban J connectivity index is 1.42. The lowest BCUT2D eigenvalue weighted by Crippen LogP contribution is -2.46. The van der Waals surface area contributed by atoms with Crippen molar-refractivity contribution in [3.63, 3.8) is 0 Å². The Hall–Kier alpha value is -1.30. The second-order valence-corrected chi connectivity index (χ2v) is 10.4. The molecule has 1 saturated heterocycles. The van der Waals surface area contributed by atoms with Crippen molar-refractivity contribution in [1.82, 2.24) is 10.2 Å². The highest BCUT2D eigenvalue weighted by molar-refractivity contribution is 6.42. The van der Waals surface area contributed by atoms with Gasteiger partial charge in [0, 0.05) is 36.1 Å². The van der Waals surface area contributed by atoms with Crippen LogP contribution in [0.25, 0.3) is 0 Å². The monoisotopic (exact) mass is 493 g/mol. The molecule has 1 atom stereocenters. The van der Waals surface area contributed by atoms with E-state index in [4.69, 9.17) is 34.8 Å². The highest BCUT2D eigenvalue weighted by Crippen LogP contribution is 2.48. The number of nitrogens with one attached hydrogen (secondary N) is 1. The Labute approximate surface area is 205 Å². The number of fused-ring (bicyclic) bond motifs is 2. The third kappa shape index (κ3) is 4.80. The first kappa shape index (κ1) is 23.8. The molecule has 2 aliphatic heterocycles. The molecule has 2 heterocycles. The van der Waals surface area contributed by atoms with Gasteiger partial charge in [-0.2, -0.15) is 0 Å². The van der Waals surface area contributed by atoms with Crippen LogP contribution < -0.4 is 10.2 Å². The van der Waals surface area contributed by atoms with Crippen LogP contribution in [-0.4, -0.2) is 50.6 Å². The molecule has 1 fully saturated rings. The number of likely N-dealkylation sites (N-methyl/N-ethyl adjacent to an activating group) is 1. The lowest BCUT2D eigenvalue weighted by Gasteiger charge is -2.40. The Bertz CT molecular complexity index is 988. The zero-order chi connectivity index (χ0) is 22.9. The molecule has 32 heavy (non-hydrogen) atoms. The summed E-state index contributed by atoms with van der Waals surface area (Å²) in [4.78, 5) is 16.7. The highest BCUT2D eigenvalue weighted by Gasteiger charge is 2.45. The molecule has 0 aliphatic carbocycles. The number of halogens is 3. The van der Waals surface area contributed by atoms with E-state index < -0.39 is 0 Å². The van der Waals surface area contributed by atoms with Gasteiger partial charge in [-0.05, 0) is 93.3 Å². The number of nitrogens with zero attached hydrogens (tertiary/aromatic N) is 2. The summed E-state index contributed by atoms with van der Waals surface area (Å²) < 4.78 is 0. The molecule has 7 heteroatoms. The molecule has 0 unspecified atom stereocenters. The molecular weight excluding hydrogens is 465 g/mol. The van der Waals surface area contributed by atoms with Gasteiger partial charge in [0.25, 0.3) is 0 Å². The Morgan fingerprint density at radius 1 is 1.09 bits per heavy atom. The van der Waals surface area contributed by atoms with Crippen LogP contribution in [-0.2, 0) is 10.2 Å². The quantitative estimate of drug-likeness (QED) is 0.556. The van der Waals surface area contributed by atoms with Crippen molar-refractivity contribution in [1.29, 1.82) is 0 Å². The summed E-state index contributed by atoms with van der Waals surface area (Å²) in [5, 5.41) is 5.26. The first-order valence-corrected chi connectivity index (χ1v) is 12.4. The molecule has 4 nitrogen and oxygen atoms in total. The van der Waals surface area contributed by atoms with Gasteiger partial charge in [0.1, 0.15) is 0 Å². The number of carbonyl (C=O) groups excluding carboxylic acids is 1. The van der Waals surface area contributed by atoms with Crippen molar-refractivity contribution in [3.8, 4) is 0 Å². The Morgan fingerprint density at radius 3 is 2.50 bits per heavy atom. The normalized spacial score (nSPS) is 18.7. The zero-order valence-corrected chi connectivity index (χ0v) is 20.9. The number of likely N-dealkylation sites (tertiary alicyclic amines) is 1. The third-order valence-corrected chi connectivity index (χ3v) is 8.11. The molecule has 172 valence electrons. The van der Waals surface area contributed by atoms with Crippen LogP contribution >= 0.6 is 34.8 Å². The predicted molar refractivity (Wildman–Crippen MR) is 135 cm³/mol. The van der Waals surface area contributed by atoms with Crippen molar-refractivity contribution >= 4 is 46.4 Å². The standard InChI is InChI=1S/C25H30Cl3N3O/c1-17(32)31-16-25(21-14-20(26)4-6-24(21)31)8-11-30(12-9-25)10-7-19(15-29-2)18-3-5-22(27)23(28)13-18/h3-6,13-14,19,29H,7-12,15-16H2,1-2H3/t19-/m1/s1. The molecule has 2 aliphatic rings. The summed E-state index contributed by atoms with van der Waals surface area (Å²) in [5.41, 5.74) is 3.50. The fourth-order valence-corrected chi connectivity index (χ4v) is 5.77. The van der Waals surface area contributed by atoms with Gasteiger partial charge in [0.2, 0.25) is 5.91 Å². The van der Waals surface area contributed by atoms with Crippen molar-refractivity contribution < 1.29 is 4.79 Å². The Morgan fingerprint density at radius 2 is 1.84 bits per heavy atom. The summed E-state index contributed by atoms with van der Waals surface area (Å²) in [7, 11) is 1.98. The second-order valence-electron chi connectivity index (χ2n) is 9.11. The molecule has 1 amide bonds. The molecule has 2 aromatic rings. The van der Waals surface area contributed by atoms with E-state index in [0.717, 1.165) is 62.7 Å². The van der Waals surface area contributed by atoms with Crippen LogP contribution in [0.15, 0.2) is 36.4 Å². The molecular formula is C25H30Cl3N3O. The van der Waals surface area contributed by atoms with Crippen LogP contribution in [0.1, 0.15) is 43.2 Å². The number of hydrogen-bond acceptors (Lipinski definition) is 3. The molecule has 4 rings (SSSR count). The number of carbonyl (C=O) groups is 1. The third-order valence-electron chi connectivity index (χ3n) is 7.13. The van der Waals surface area contributed by atoms with E-state index >= 15 is 0 Å². The molecule has 2 aromatic carbocycles. The van der Waals surface area contributed by atoms with Crippen LogP contribution in [0.2, 0.25) is 15.1 Å². The van der Waals surface area contributed by atoms with Gasteiger partial charge in [-0.25, -0.2) is 0 Å². The van der Waals surface area contributed by atoms with E-state index in [1.54, 1.807) is 6.92 Å². The number of piperidine rings is 1. The van der Waals surface area contributed by atoms with Crippen LogP contribution in [0.5, 0.6) is 0 Å². The fraction of sp³-hybridized carbons (Fsp3) is 0.480. The van der Waals surface area contributed by atoms with Crippen LogP contribution in [0.4, 0.5) is 5.69 Å². The molecule has 0 bridgehead atoms. The summed E-state index contributed by atoms with van der Waals surface area (Å²) in [5.74, 6) is 0.481. The summed E-state index contributed by atoms with van der Waals surface area (Å²) in [6, 6.07) is 11.9. The van der Waals surface area contributed by atoms with Gasteiger partial charge in [0.15, 0.2) is 0 Å². The summed E-state index contributed by atoms with van der Waals surface area (Å²) >= 11 is 18.7. The van der Waals surface area contributed by atoms with E-state index in [9.17, 15) is 4.79 Å². The van der Waals surface area contributed by atoms with Crippen molar-refractivity contribution in [2.24, 2.45) is 0 Å². The molecule has 0 saturated carbocycles. The zero-order valence-electron chi connectivity index (χ0n) is 18.6. The van der Waals surface area contributed by atoms with Gasteiger partial charge < -0.3 is 15.1 Å². The highest BCUT2D eigenvalue weighted by atomic mass is 35.5. The van der Waals surface area contributed by atoms with Gasteiger partial charge in [-0.1, -0.05) is 40.9 Å². The number of amides is 1. The van der Waals surface area contributed by atoms with Gasteiger partial charge in [-0.3, -0.25) is 4.79 Å². The summed E-state index contributed by atoms with van der Waals surface area (Å²) in [6.45, 7) is 6.38. The topological polar surface area (TPSA) is 35.6 Å². The Kier molecular flexibility index (Phi) is 7.38. The SMILES string of the molecule is CNC[C@@H](CCN1CCC2(CC1)CN(C(C)=O)c1ccc(Cl)cc12)c1ccc(Cl)c(Cl)c1. The first-order chi connectivity index (χ1) is 15.3. The van der Waals surface area contributed by atoms with E-state index in [-0.39, 0.29) is 11.3 Å². The molecule has 0 aromatic heterocycles. The molecule has 1 spiro atoms. The minimum atomic E-state index is 0.0104. The van der Waals surface area contributed by atoms with E-state index in [2.05, 4.69) is 22.3 Å². The minimum Gasteiger partial charge on any atom is -0.319 e. The van der Waals surface area contributed by atoms with E-state index in [1.807, 2.05) is 36.2 Å². The van der Waals surface area contributed by atoms with Crippen LogP contribution in [0.3, 0.4) is 0 Å². The van der Waals surface area contributed by atoms with Gasteiger partial charge >= 0.3 is 0 Å². The molecule has 1 N–H and O–H groups in total. The summed E-state index contributed by atoms with van der Waals surface area (Å²) in [6.07, 6.45) is 3.12.